The quantitative estimate of drug-likeness (QED) is 0.607. The number of nitro groups is 1. The maximum absolute atomic E-state index is 11.0. The molecule has 0 heterocycles. The standard InChI is InChI=1S/C13H19N3O3/c1-14-10-7-12(9-13(8-10)16(18)19)15(5-6-17)11-3-2-4-11/h7-9,11,14,17H,2-6H2,1H3. The van der Waals surface area contributed by atoms with Gasteiger partial charge in [-0.05, 0) is 25.3 Å². The molecule has 6 heteroatoms. The van der Waals surface area contributed by atoms with Gasteiger partial charge < -0.3 is 15.3 Å². The van der Waals surface area contributed by atoms with Gasteiger partial charge in [-0.25, -0.2) is 0 Å². The smallest absolute Gasteiger partial charge is 0.273 e. The number of nitro benzene ring substituents is 1. The summed E-state index contributed by atoms with van der Waals surface area (Å²) >= 11 is 0. The summed E-state index contributed by atoms with van der Waals surface area (Å²) in [5, 5.41) is 23.1. The van der Waals surface area contributed by atoms with Gasteiger partial charge in [0.25, 0.3) is 5.69 Å². The van der Waals surface area contributed by atoms with Crippen molar-refractivity contribution in [3.05, 3.63) is 28.3 Å². The number of hydrogen-bond acceptors (Lipinski definition) is 5. The van der Waals surface area contributed by atoms with Crippen LogP contribution < -0.4 is 10.2 Å². The third-order valence-corrected chi connectivity index (χ3v) is 3.59. The van der Waals surface area contributed by atoms with Gasteiger partial charge in [-0.1, -0.05) is 0 Å². The first-order chi connectivity index (χ1) is 9.15. The highest BCUT2D eigenvalue weighted by Gasteiger charge is 2.26. The van der Waals surface area contributed by atoms with Gasteiger partial charge in [-0.2, -0.15) is 0 Å². The Balaban J connectivity index is 2.34. The monoisotopic (exact) mass is 265 g/mol. The summed E-state index contributed by atoms with van der Waals surface area (Å²) in [7, 11) is 1.74. The molecule has 2 N–H and O–H groups in total. The van der Waals surface area contributed by atoms with Crippen molar-refractivity contribution in [1.29, 1.82) is 0 Å². The van der Waals surface area contributed by atoms with Crippen LogP contribution in [0.1, 0.15) is 19.3 Å². The second-order valence-electron chi connectivity index (χ2n) is 4.75. The lowest BCUT2D eigenvalue weighted by Gasteiger charge is -2.39. The average Bonchev–Trinajstić information content (AvgIpc) is 2.35. The lowest BCUT2D eigenvalue weighted by Crippen LogP contribution is -2.42. The zero-order valence-corrected chi connectivity index (χ0v) is 11.0. The number of aliphatic hydroxyl groups excluding tert-OH is 1. The summed E-state index contributed by atoms with van der Waals surface area (Å²) in [5.41, 5.74) is 1.59. The van der Waals surface area contributed by atoms with E-state index in [4.69, 9.17) is 0 Å². The topological polar surface area (TPSA) is 78.6 Å². The second-order valence-corrected chi connectivity index (χ2v) is 4.75. The molecule has 2 rings (SSSR count). The van der Waals surface area contributed by atoms with E-state index in [0.29, 0.717) is 18.3 Å². The molecular weight excluding hydrogens is 246 g/mol. The third kappa shape index (κ3) is 2.96. The van der Waals surface area contributed by atoms with Crippen molar-refractivity contribution in [2.24, 2.45) is 0 Å². The minimum atomic E-state index is -0.387. The molecule has 0 saturated heterocycles. The van der Waals surface area contributed by atoms with Crippen LogP contribution >= 0.6 is 0 Å². The zero-order valence-electron chi connectivity index (χ0n) is 11.0. The van der Waals surface area contributed by atoms with Crippen molar-refractivity contribution in [2.45, 2.75) is 25.3 Å². The molecule has 19 heavy (non-hydrogen) atoms. The lowest BCUT2D eigenvalue weighted by molar-refractivity contribution is -0.384. The molecule has 0 radical (unpaired) electrons. The predicted octanol–water partition coefficient (Wildman–Crippen LogP) is 1.99. The number of aliphatic hydroxyl groups is 1. The normalized spacial score (nSPS) is 14.8. The van der Waals surface area contributed by atoms with E-state index in [1.165, 1.54) is 12.5 Å². The fraction of sp³-hybridized carbons (Fsp3) is 0.538. The Labute approximate surface area is 112 Å². The molecule has 1 aromatic carbocycles. The number of nitrogens with zero attached hydrogens (tertiary/aromatic N) is 2. The molecule has 0 unspecified atom stereocenters. The Bertz CT molecular complexity index is 460. The number of nitrogens with one attached hydrogen (secondary N) is 1. The zero-order chi connectivity index (χ0) is 13.8. The van der Waals surface area contributed by atoms with E-state index in [-0.39, 0.29) is 17.2 Å². The van der Waals surface area contributed by atoms with Crippen molar-refractivity contribution in [3.63, 3.8) is 0 Å². The summed E-state index contributed by atoms with van der Waals surface area (Å²) in [6.07, 6.45) is 3.34. The SMILES string of the molecule is CNc1cc(N(CCO)C2CCC2)cc([N+](=O)[O-])c1. The molecule has 0 aromatic heterocycles. The minimum Gasteiger partial charge on any atom is -0.395 e. The maximum Gasteiger partial charge on any atom is 0.273 e. The summed E-state index contributed by atoms with van der Waals surface area (Å²) in [6.45, 7) is 0.559. The van der Waals surface area contributed by atoms with Crippen molar-refractivity contribution in [1.82, 2.24) is 0 Å². The van der Waals surface area contributed by atoms with Crippen LogP contribution in [0.5, 0.6) is 0 Å². The van der Waals surface area contributed by atoms with Gasteiger partial charge >= 0.3 is 0 Å². The van der Waals surface area contributed by atoms with Gasteiger partial charge in [0.1, 0.15) is 0 Å². The molecule has 0 bridgehead atoms. The van der Waals surface area contributed by atoms with E-state index in [9.17, 15) is 15.2 Å². The first-order valence-corrected chi connectivity index (χ1v) is 6.50. The van der Waals surface area contributed by atoms with Gasteiger partial charge in [-0.3, -0.25) is 10.1 Å². The van der Waals surface area contributed by atoms with Crippen LogP contribution in [-0.2, 0) is 0 Å². The van der Waals surface area contributed by atoms with Crippen LogP contribution in [0, 0.1) is 10.1 Å². The first kappa shape index (κ1) is 13.6. The van der Waals surface area contributed by atoms with Crippen LogP contribution in [0.2, 0.25) is 0 Å². The van der Waals surface area contributed by atoms with Gasteiger partial charge in [0.15, 0.2) is 0 Å². The Morgan fingerprint density at radius 2 is 2.21 bits per heavy atom. The number of anilines is 2. The molecule has 1 aliphatic carbocycles. The lowest BCUT2D eigenvalue weighted by atomic mass is 9.91. The Morgan fingerprint density at radius 1 is 1.47 bits per heavy atom. The minimum absolute atomic E-state index is 0.0497. The van der Waals surface area contributed by atoms with E-state index in [0.717, 1.165) is 18.5 Å². The van der Waals surface area contributed by atoms with Crippen molar-refractivity contribution < 1.29 is 10.0 Å². The van der Waals surface area contributed by atoms with E-state index in [1.807, 2.05) is 6.07 Å². The van der Waals surface area contributed by atoms with Crippen LogP contribution in [-0.4, -0.2) is 36.3 Å². The molecule has 1 aromatic rings. The van der Waals surface area contributed by atoms with Crippen molar-refractivity contribution in [2.75, 3.05) is 30.4 Å². The summed E-state index contributed by atoms with van der Waals surface area (Å²) in [5.74, 6) is 0. The van der Waals surface area contributed by atoms with E-state index >= 15 is 0 Å². The fourth-order valence-corrected chi connectivity index (χ4v) is 2.34. The van der Waals surface area contributed by atoms with E-state index in [2.05, 4.69) is 10.2 Å². The summed E-state index contributed by atoms with van der Waals surface area (Å²) in [4.78, 5) is 12.6. The molecular formula is C13H19N3O3. The Kier molecular flexibility index (Phi) is 4.21. The van der Waals surface area contributed by atoms with Gasteiger partial charge in [0.05, 0.1) is 11.5 Å². The van der Waals surface area contributed by atoms with Crippen LogP contribution in [0.25, 0.3) is 0 Å². The third-order valence-electron chi connectivity index (χ3n) is 3.59. The number of benzene rings is 1. The largest absolute Gasteiger partial charge is 0.395 e. The highest BCUT2D eigenvalue weighted by atomic mass is 16.6. The molecule has 6 nitrogen and oxygen atoms in total. The van der Waals surface area contributed by atoms with Gasteiger partial charge in [0.2, 0.25) is 0 Å². The molecule has 1 fully saturated rings. The molecule has 0 atom stereocenters. The Morgan fingerprint density at radius 3 is 2.68 bits per heavy atom. The van der Waals surface area contributed by atoms with E-state index < -0.39 is 0 Å². The first-order valence-electron chi connectivity index (χ1n) is 6.50. The van der Waals surface area contributed by atoms with Crippen LogP contribution in [0.15, 0.2) is 18.2 Å². The molecule has 0 amide bonds. The highest BCUT2D eigenvalue weighted by Crippen LogP contribution is 2.33. The average molecular weight is 265 g/mol. The maximum atomic E-state index is 11.0. The van der Waals surface area contributed by atoms with Crippen LogP contribution in [0.4, 0.5) is 17.1 Å². The molecule has 0 spiro atoms. The van der Waals surface area contributed by atoms with Gasteiger partial charge in [0, 0.05) is 43.1 Å². The summed E-state index contributed by atoms with van der Waals surface area (Å²) < 4.78 is 0. The predicted molar refractivity (Wildman–Crippen MR) is 74.7 cm³/mol. The summed E-state index contributed by atoms with van der Waals surface area (Å²) in [6, 6.07) is 5.37. The number of hydrogen-bond donors (Lipinski definition) is 2. The fourth-order valence-electron chi connectivity index (χ4n) is 2.34. The molecule has 104 valence electrons. The molecule has 1 saturated carbocycles. The highest BCUT2D eigenvalue weighted by molar-refractivity contribution is 5.64. The molecule has 0 aliphatic heterocycles. The van der Waals surface area contributed by atoms with Crippen molar-refractivity contribution >= 4 is 17.1 Å². The molecule has 1 aliphatic rings. The van der Waals surface area contributed by atoms with E-state index in [1.54, 1.807) is 13.1 Å². The van der Waals surface area contributed by atoms with Gasteiger partial charge in [-0.15, -0.1) is 0 Å². The Hall–Kier alpha value is -1.82. The number of rotatable bonds is 6. The van der Waals surface area contributed by atoms with Crippen molar-refractivity contribution in [3.8, 4) is 0 Å². The second kappa shape index (κ2) is 5.88. The number of non-ortho nitro benzene ring substituents is 1. The van der Waals surface area contributed by atoms with Crippen LogP contribution in [0.3, 0.4) is 0 Å².